The van der Waals surface area contributed by atoms with Crippen molar-refractivity contribution in [3.05, 3.63) is 6.33 Å². The van der Waals surface area contributed by atoms with Crippen LogP contribution in [-0.4, -0.2) is 33.9 Å². The van der Waals surface area contributed by atoms with Gasteiger partial charge in [0.15, 0.2) is 0 Å². The van der Waals surface area contributed by atoms with Crippen LogP contribution in [0.5, 0.6) is 0 Å². The number of hydrogen-bond donors (Lipinski definition) is 2. The number of aryl methyl sites for hydroxylation is 1. The maximum Gasteiger partial charge on any atom is 0.241 e. The Morgan fingerprint density at radius 1 is 1.79 bits per heavy atom. The van der Waals surface area contributed by atoms with Gasteiger partial charge in [-0.25, -0.2) is 13.1 Å². The Morgan fingerprint density at radius 3 is 2.86 bits per heavy atom. The lowest BCUT2D eigenvalue weighted by Crippen LogP contribution is -2.27. The average molecular weight is 235 g/mol. The van der Waals surface area contributed by atoms with E-state index in [0.717, 1.165) is 0 Å². The Balaban J connectivity index is 2.79. The molecule has 0 radical (unpaired) electrons. The highest BCUT2D eigenvalue weighted by atomic mass is 32.2. The van der Waals surface area contributed by atoms with Crippen molar-refractivity contribution in [2.75, 3.05) is 10.5 Å². The zero-order chi connectivity index (χ0) is 10.8. The largest absolute Gasteiger partial charge is 0.392 e. The van der Waals surface area contributed by atoms with Crippen LogP contribution in [-0.2, 0) is 17.1 Å². The van der Waals surface area contributed by atoms with Gasteiger partial charge in [0.1, 0.15) is 12.1 Å². The molecule has 0 saturated heterocycles. The van der Waals surface area contributed by atoms with E-state index in [0.29, 0.717) is 0 Å². The predicted molar refractivity (Wildman–Crippen MR) is 55.2 cm³/mol. The van der Waals surface area contributed by atoms with Gasteiger partial charge in [-0.15, -0.1) is 0 Å². The highest BCUT2D eigenvalue weighted by Gasteiger charge is 2.14. The summed E-state index contributed by atoms with van der Waals surface area (Å²) in [6.07, 6.45) is 1.23. The van der Waals surface area contributed by atoms with Crippen molar-refractivity contribution >= 4 is 33.2 Å². The number of hydrogen-bond acceptors (Lipinski definition) is 5. The van der Waals surface area contributed by atoms with Crippen LogP contribution in [0, 0.1) is 0 Å². The van der Waals surface area contributed by atoms with Crippen molar-refractivity contribution in [1.29, 1.82) is 0 Å². The maximum absolute atomic E-state index is 11.3. The van der Waals surface area contributed by atoms with E-state index in [4.69, 9.17) is 5.73 Å². The van der Waals surface area contributed by atoms with Gasteiger partial charge in [0.05, 0.1) is 4.99 Å². The lowest BCUT2D eigenvalue weighted by atomic mass is 10.8. The summed E-state index contributed by atoms with van der Waals surface area (Å²) in [5, 5.41) is 3.69. The Morgan fingerprint density at radius 2 is 2.43 bits per heavy atom. The zero-order valence-electron chi connectivity index (χ0n) is 7.34. The van der Waals surface area contributed by atoms with Crippen molar-refractivity contribution in [1.82, 2.24) is 14.8 Å². The highest BCUT2D eigenvalue weighted by Crippen LogP contribution is 2.01. The zero-order valence-corrected chi connectivity index (χ0v) is 8.97. The highest BCUT2D eigenvalue weighted by molar-refractivity contribution is 7.95. The fourth-order valence-corrected chi connectivity index (χ4v) is 2.13. The van der Waals surface area contributed by atoms with Gasteiger partial charge in [-0.2, -0.15) is 10.1 Å². The van der Waals surface area contributed by atoms with Gasteiger partial charge in [-0.1, -0.05) is 12.2 Å². The Bertz CT molecular complexity index is 437. The first-order valence-corrected chi connectivity index (χ1v) is 5.59. The van der Waals surface area contributed by atoms with Crippen molar-refractivity contribution in [2.45, 2.75) is 0 Å². The summed E-state index contributed by atoms with van der Waals surface area (Å²) in [5.74, 6) is -0.281. The van der Waals surface area contributed by atoms with Gasteiger partial charge in [-0.05, 0) is 0 Å². The molecule has 0 unspecified atom stereocenters. The van der Waals surface area contributed by atoms with Gasteiger partial charge < -0.3 is 5.73 Å². The van der Waals surface area contributed by atoms with E-state index in [-0.39, 0.29) is 10.9 Å². The first-order chi connectivity index (χ1) is 6.41. The number of aromatic nitrogens is 3. The smallest absolute Gasteiger partial charge is 0.241 e. The monoisotopic (exact) mass is 235 g/mol. The molecule has 0 spiro atoms. The van der Waals surface area contributed by atoms with E-state index in [2.05, 4.69) is 27.0 Å². The normalized spacial score (nSPS) is 11.2. The molecule has 0 bridgehead atoms. The molecule has 0 saturated carbocycles. The molecule has 1 aromatic heterocycles. The van der Waals surface area contributed by atoms with E-state index >= 15 is 0 Å². The first kappa shape index (κ1) is 10.9. The summed E-state index contributed by atoms with van der Waals surface area (Å²) in [6.45, 7) is 0. The molecule has 3 N–H and O–H groups in total. The SMILES string of the molecule is Cn1ncnc1NS(=O)(=O)CC(N)=S. The van der Waals surface area contributed by atoms with Crippen molar-refractivity contribution in [2.24, 2.45) is 12.8 Å². The third-order valence-electron chi connectivity index (χ3n) is 1.29. The lowest BCUT2D eigenvalue weighted by Gasteiger charge is -2.04. The van der Waals surface area contributed by atoms with Gasteiger partial charge in [0.2, 0.25) is 16.0 Å². The number of nitrogens with zero attached hydrogens (tertiary/aromatic N) is 3. The quantitative estimate of drug-likeness (QED) is 0.638. The van der Waals surface area contributed by atoms with Gasteiger partial charge >= 0.3 is 0 Å². The second-order valence-electron chi connectivity index (χ2n) is 2.53. The second-order valence-corrected chi connectivity index (χ2v) is 4.78. The summed E-state index contributed by atoms with van der Waals surface area (Å²) in [5.41, 5.74) is 5.12. The minimum absolute atomic E-state index is 0.0975. The number of nitrogens with two attached hydrogens (primary N) is 1. The molecule has 1 rings (SSSR count). The molecule has 0 aliphatic rings. The molecule has 0 aliphatic heterocycles. The molecule has 0 aliphatic carbocycles. The van der Waals surface area contributed by atoms with Crippen LogP contribution in [0.1, 0.15) is 0 Å². The van der Waals surface area contributed by atoms with Crippen LogP contribution >= 0.6 is 12.2 Å². The van der Waals surface area contributed by atoms with Gasteiger partial charge in [-0.3, -0.25) is 4.72 Å². The van der Waals surface area contributed by atoms with Crippen LogP contribution in [0.25, 0.3) is 0 Å². The fraction of sp³-hybridized carbons (Fsp3) is 0.400. The summed E-state index contributed by atoms with van der Waals surface area (Å²) < 4.78 is 26.1. The number of nitrogens with one attached hydrogen (secondary N) is 1. The molecule has 9 heteroatoms. The lowest BCUT2D eigenvalue weighted by molar-refractivity contribution is 0.603. The standard InChI is InChI=1S/C5H9N5O2S2/c1-10-5(7-3-8-10)9-14(11,12)2-4(6)13/h3H,2H2,1H3,(H2,6,13)(H,7,8,9). The van der Waals surface area contributed by atoms with Crippen molar-refractivity contribution in [3.8, 4) is 0 Å². The Kier molecular flexibility index (Phi) is 3.01. The molecular formula is C5H9N5O2S2. The van der Waals surface area contributed by atoms with E-state index in [1.165, 1.54) is 11.0 Å². The minimum Gasteiger partial charge on any atom is -0.392 e. The number of anilines is 1. The second kappa shape index (κ2) is 3.88. The third-order valence-corrected chi connectivity index (χ3v) is 2.80. The molecule has 1 aromatic rings. The van der Waals surface area contributed by atoms with E-state index in [9.17, 15) is 8.42 Å². The summed E-state index contributed by atoms with van der Waals surface area (Å²) in [7, 11) is -2.00. The summed E-state index contributed by atoms with van der Waals surface area (Å²) in [4.78, 5) is 3.59. The molecule has 0 aromatic carbocycles. The van der Waals surface area contributed by atoms with Gasteiger partial charge in [0.25, 0.3) is 0 Å². The van der Waals surface area contributed by atoms with E-state index < -0.39 is 15.8 Å². The van der Waals surface area contributed by atoms with E-state index in [1.807, 2.05) is 0 Å². The Labute approximate surface area is 86.4 Å². The molecule has 1 heterocycles. The van der Waals surface area contributed by atoms with Crippen LogP contribution in [0.15, 0.2) is 6.33 Å². The molecular weight excluding hydrogens is 226 g/mol. The average Bonchev–Trinajstić information content (AvgIpc) is 2.32. The maximum atomic E-state index is 11.3. The number of thiocarbonyl (C=S) groups is 1. The van der Waals surface area contributed by atoms with E-state index in [1.54, 1.807) is 7.05 Å². The first-order valence-electron chi connectivity index (χ1n) is 3.53. The minimum atomic E-state index is -3.57. The summed E-state index contributed by atoms with van der Waals surface area (Å²) >= 11 is 4.49. The van der Waals surface area contributed by atoms with Crippen LogP contribution in [0.2, 0.25) is 0 Å². The van der Waals surface area contributed by atoms with Crippen molar-refractivity contribution < 1.29 is 8.42 Å². The topological polar surface area (TPSA) is 103 Å². The molecule has 0 atom stereocenters. The van der Waals surface area contributed by atoms with Crippen LogP contribution < -0.4 is 10.5 Å². The van der Waals surface area contributed by atoms with Gasteiger partial charge in [0, 0.05) is 7.05 Å². The molecule has 7 nitrogen and oxygen atoms in total. The molecule has 14 heavy (non-hydrogen) atoms. The number of sulfonamides is 1. The fourth-order valence-electron chi connectivity index (χ4n) is 0.751. The Hall–Kier alpha value is -1.22. The number of rotatable bonds is 4. The molecule has 78 valence electrons. The molecule has 0 fully saturated rings. The third kappa shape index (κ3) is 2.92. The van der Waals surface area contributed by atoms with Crippen LogP contribution in [0.3, 0.4) is 0 Å². The van der Waals surface area contributed by atoms with Crippen molar-refractivity contribution in [3.63, 3.8) is 0 Å². The summed E-state index contributed by atoms with van der Waals surface area (Å²) in [6, 6.07) is 0. The molecule has 0 amide bonds. The predicted octanol–water partition coefficient (Wildman–Crippen LogP) is -1.16. The van der Waals surface area contributed by atoms with Crippen LogP contribution in [0.4, 0.5) is 5.95 Å².